The molecule has 0 aliphatic carbocycles. The molecule has 16 heavy (non-hydrogen) atoms. The third-order valence-electron chi connectivity index (χ3n) is 2.22. The Hall–Kier alpha value is -0.420. The summed E-state index contributed by atoms with van der Waals surface area (Å²) >= 11 is 9.21. The van der Waals surface area contributed by atoms with Crippen LogP contribution in [-0.4, -0.2) is 11.5 Å². The summed E-state index contributed by atoms with van der Waals surface area (Å²) in [5, 5.41) is 5.58. The monoisotopic (exact) mass is 272 g/mol. The Morgan fingerprint density at radius 2 is 2.38 bits per heavy atom. The minimum atomic E-state index is 0.184. The van der Waals surface area contributed by atoms with Gasteiger partial charge in [-0.25, -0.2) is 4.98 Å². The highest BCUT2D eigenvalue weighted by atomic mass is 35.5. The van der Waals surface area contributed by atoms with E-state index in [2.05, 4.69) is 28.7 Å². The summed E-state index contributed by atoms with van der Waals surface area (Å²) in [6.07, 6.45) is 1.11. The van der Waals surface area contributed by atoms with Crippen molar-refractivity contribution in [2.24, 2.45) is 0 Å². The molecule has 0 aromatic carbocycles. The molecule has 0 spiro atoms. The van der Waals surface area contributed by atoms with Crippen LogP contribution in [0.2, 0.25) is 4.34 Å². The van der Waals surface area contributed by atoms with Crippen molar-refractivity contribution in [3.8, 4) is 0 Å². The van der Waals surface area contributed by atoms with Crippen molar-refractivity contribution in [1.29, 1.82) is 0 Å². The van der Waals surface area contributed by atoms with E-state index in [1.165, 1.54) is 4.88 Å². The summed E-state index contributed by atoms with van der Waals surface area (Å²) in [6, 6.07) is 4.19. The van der Waals surface area contributed by atoms with E-state index < -0.39 is 0 Å². The third-order valence-corrected chi connectivity index (χ3v) is 4.12. The Morgan fingerprint density at radius 3 is 2.94 bits per heavy atom. The Bertz CT molecular complexity index is 425. The Balaban J connectivity index is 2.21. The van der Waals surface area contributed by atoms with E-state index in [9.17, 15) is 0 Å². The van der Waals surface area contributed by atoms with Crippen LogP contribution in [0, 0.1) is 0 Å². The van der Waals surface area contributed by atoms with Crippen molar-refractivity contribution < 1.29 is 0 Å². The Morgan fingerprint density at radius 1 is 1.50 bits per heavy atom. The molecule has 2 aromatic heterocycles. The van der Waals surface area contributed by atoms with E-state index in [-0.39, 0.29) is 6.04 Å². The quantitative estimate of drug-likeness (QED) is 0.892. The topological polar surface area (TPSA) is 24.9 Å². The van der Waals surface area contributed by atoms with Crippen molar-refractivity contribution in [3.05, 3.63) is 37.9 Å². The lowest BCUT2D eigenvalue weighted by Gasteiger charge is -2.14. The summed E-state index contributed by atoms with van der Waals surface area (Å²) in [6.45, 7) is 3.14. The maximum absolute atomic E-state index is 5.97. The highest BCUT2D eigenvalue weighted by molar-refractivity contribution is 7.16. The fourth-order valence-corrected chi connectivity index (χ4v) is 3.22. The zero-order valence-electron chi connectivity index (χ0n) is 8.94. The number of hydrogen-bond acceptors (Lipinski definition) is 4. The van der Waals surface area contributed by atoms with Gasteiger partial charge in [-0.05, 0) is 25.1 Å². The molecule has 0 radical (unpaired) electrons. The number of thiophene rings is 1. The van der Waals surface area contributed by atoms with E-state index in [0.717, 1.165) is 23.0 Å². The molecule has 1 unspecified atom stereocenters. The van der Waals surface area contributed by atoms with Crippen LogP contribution in [0.4, 0.5) is 0 Å². The first kappa shape index (κ1) is 12.0. The minimum absolute atomic E-state index is 0.184. The zero-order valence-corrected chi connectivity index (χ0v) is 11.3. The fourth-order valence-electron chi connectivity index (χ4n) is 1.49. The van der Waals surface area contributed by atoms with E-state index in [1.807, 2.05) is 11.6 Å². The van der Waals surface area contributed by atoms with Crippen LogP contribution >= 0.6 is 34.3 Å². The van der Waals surface area contributed by atoms with Gasteiger partial charge in [-0.15, -0.1) is 22.7 Å². The number of halogens is 1. The lowest BCUT2D eigenvalue weighted by molar-refractivity contribution is 0.596. The lowest BCUT2D eigenvalue weighted by atomic mass is 10.2. The second kappa shape index (κ2) is 5.77. The summed E-state index contributed by atoms with van der Waals surface area (Å²) in [7, 11) is 0. The van der Waals surface area contributed by atoms with E-state index in [0.29, 0.717) is 0 Å². The molecule has 0 aliphatic rings. The molecule has 2 nitrogen and oxygen atoms in total. The normalized spacial score (nSPS) is 12.9. The Kier molecular flexibility index (Phi) is 4.35. The van der Waals surface area contributed by atoms with Crippen molar-refractivity contribution in [2.75, 3.05) is 6.54 Å². The number of nitrogens with zero attached hydrogens (tertiary/aromatic N) is 1. The van der Waals surface area contributed by atoms with Gasteiger partial charge in [0, 0.05) is 10.3 Å². The maximum Gasteiger partial charge on any atom is 0.0931 e. The van der Waals surface area contributed by atoms with Gasteiger partial charge in [0.1, 0.15) is 0 Å². The first-order chi connectivity index (χ1) is 7.81. The smallest absolute Gasteiger partial charge is 0.0931 e. The van der Waals surface area contributed by atoms with Gasteiger partial charge in [0.2, 0.25) is 0 Å². The van der Waals surface area contributed by atoms with Gasteiger partial charge < -0.3 is 5.32 Å². The van der Waals surface area contributed by atoms with Gasteiger partial charge in [-0.1, -0.05) is 18.5 Å². The van der Waals surface area contributed by atoms with Crippen LogP contribution in [-0.2, 0) is 0 Å². The fraction of sp³-hybridized carbons (Fsp3) is 0.364. The van der Waals surface area contributed by atoms with Crippen LogP contribution in [0.15, 0.2) is 23.0 Å². The van der Waals surface area contributed by atoms with E-state index >= 15 is 0 Å². The molecule has 0 fully saturated rings. The molecule has 0 aliphatic heterocycles. The number of thiazole rings is 1. The summed E-state index contributed by atoms with van der Waals surface area (Å²) in [4.78, 5) is 5.60. The van der Waals surface area contributed by atoms with Crippen molar-refractivity contribution in [2.45, 2.75) is 19.4 Å². The van der Waals surface area contributed by atoms with Gasteiger partial charge in [0.25, 0.3) is 0 Å². The van der Waals surface area contributed by atoms with Crippen LogP contribution in [0.1, 0.15) is 30.0 Å². The number of aromatic nitrogens is 1. The molecule has 0 amide bonds. The molecule has 86 valence electrons. The highest BCUT2D eigenvalue weighted by Crippen LogP contribution is 2.30. The molecule has 2 rings (SSSR count). The molecule has 0 saturated carbocycles. The average molecular weight is 273 g/mol. The number of rotatable bonds is 5. The Labute approximate surface area is 108 Å². The maximum atomic E-state index is 5.97. The van der Waals surface area contributed by atoms with Gasteiger partial charge in [-0.3, -0.25) is 0 Å². The van der Waals surface area contributed by atoms with Crippen LogP contribution in [0.25, 0.3) is 0 Å². The average Bonchev–Trinajstić information content (AvgIpc) is 2.91. The molecule has 1 atom stereocenters. The zero-order chi connectivity index (χ0) is 11.4. The standard InChI is InChI=1S/C11H13ClN2S2/c1-2-5-13-11(8-6-15-7-14-8)9-3-4-10(12)16-9/h3-4,6-7,11,13H,2,5H2,1H3. The molecule has 0 bridgehead atoms. The van der Waals surface area contributed by atoms with E-state index in [4.69, 9.17) is 11.6 Å². The predicted molar refractivity (Wildman–Crippen MR) is 71.6 cm³/mol. The minimum Gasteiger partial charge on any atom is -0.304 e. The van der Waals surface area contributed by atoms with Gasteiger partial charge >= 0.3 is 0 Å². The van der Waals surface area contributed by atoms with Crippen LogP contribution < -0.4 is 5.32 Å². The first-order valence-corrected chi connectivity index (χ1v) is 7.31. The van der Waals surface area contributed by atoms with Crippen LogP contribution in [0.3, 0.4) is 0 Å². The number of nitrogens with one attached hydrogen (secondary N) is 1. The lowest BCUT2D eigenvalue weighted by Crippen LogP contribution is -2.22. The summed E-state index contributed by atoms with van der Waals surface area (Å²) < 4.78 is 0.827. The molecular weight excluding hydrogens is 260 g/mol. The molecule has 5 heteroatoms. The van der Waals surface area contributed by atoms with Gasteiger partial charge in [0.05, 0.1) is 21.6 Å². The molecular formula is C11H13ClN2S2. The SMILES string of the molecule is CCCNC(c1cscn1)c1ccc(Cl)s1. The van der Waals surface area contributed by atoms with Gasteiger partial charge in [-0.2, -0.15) is 0 Å². The van der Waals surface area contributed by atoms with Crippen molar-refractivity contribution in [1.82, 2.24) is 10.3 Å². The summed E-state index contributed by atoms with van der Waals surface area (Å²) in [5.41, 5.74) is 2.95. The number of hydrogen-bond donors (Lipinski definition) is 1. The molecule has 2 aromatic rings. The van der Waals surface area contributed by atoms with Crippen molar-refractivity contribution in [3.63, 3.8) is 0 Å². The van der Waals surface area contributed by atoms with Crippen molar-refractivity contribution >= 4 is 34.3 Å². The molecule has 2 heterocycles. The predicted octanol–water partition coefficient (Wildman–Crippen LogP) is 3.95. The summed E-state index contributed by atoms with van der Waals surface area (Å²) in [5.74, 6) is 0. The van der Waals surface area contributed by atoms with Gasteiger partial charge in [0.15, 0.2) is 0 Å². The largest absolute Gasteiger partial charge is 0.304 e. The molecule has 1 N–H and O–H groups in total. The molecule has 0 saturated heterocycles. The van der Waals surface area contributed by atoms with E-state index in [1.54, 1.807) is 22.7 Å². The first-order valence-electron chi connectivity index (χ1n) is 5.18. The second-order valence-corrected chi connectivity index (χ2v) is 5.91. The third kappa shape index (κ3) is 2.83. The second-order valence-electron chi connectivity index (χ2n) is 3.44. The highest BCUT2D eigenvalue weighted by Gasteiger charge is 2.16. The van der Waals surface area contributed by atoms with Crippen LogP contribution in [0.5, 0.6) is 0 Å².